The zero-order chi connectivity index (χ0) is 17.1. The molecule has 1 fully saturated rings. The molecule has 1 aliphatic rings. The Kier molecular flexibility index (Phi) is 4.39. The number of carbonyl (C=O) groups is 1. The molecule has 1 amide bonds. The summed E-state index contributed by atoms with van der Waals surface area (Å²) in [6.07, 6.45) is 3.39. The highest BCUT2D eigenvalue weighted by atomic mass is 16.6. The van der Waals surface area contributed by atoms with E-state index in [9.17, 15) is 14.9 Å². The highest BCUT2D eigenvalue weighted by molar-refractivity contribution is 6.01. The maximum absolute atomic E-state index is 13.0. The number of nitro groups is 1. The molecule has 124 valence electrons. The first-order valence-electron chi connectivity index (χ1n) is 7.54. The maximum Gasteiger partial charge on any atom is 0.292 e. The summed E-state index contributed by atoms with van der Waals surface area (Å²) in [4.78, 5) is 29.2. The molecular weight excluding hydrogens is 310 g/mol. The van der Waals surface area contributed by atoms with Crippen LogP contribution in [0.25, 0.3) is 0 Å². The van der Waals surface area contributed by atoms with Crippen molar-refractivity contribution in [2.24, 2.45) is 0 Å². The van der Waals surface area contributed by atoms with Gasteiger partial charge in [0.2, 0.25) is 0 Å². The third kappa shape index (κ3) is 2.91. The minimum absolute atomic E-state index is 0.101. The van der Waals surface area contributed by atoms with Gasteiger partial charge in [-0.1, -0.05) is 12.1 Å². The van der Waals surface area contributed by atoms with Gasteiger partial charge < -0.3 is 16.0 Å². The van der Waals surface area contributed by atoms with Crippen molar-refractivity contribution in [2.75, 3.05) is 25.4 Å². The summed E-state index contributed by atoms with van der Waals surface area (Å²) >= 11 is 0. The van der Waals surface area contributed by atoms with E-state index in [0.717, 1.165) is 5.56 Å². The van der Waals surface area contributed by atoms with Crippen LogP contribution in [0.2, 0.25) is 0 Å². The normalized spacial score (nSPS) is 17.5. The molecule has 0 radical (unpaired) electrons. The van der Waals surface area contributed by atoms with Gasteiger partial charge in [-0.15, -0.1) is 0 Å². The van der Waals surface area contributed by atoms with Crippen molar-refractivity contribution in [3.8, 4) is 0 Å². The van der Waals surface area contributed by atoms with Crippen molar-refractivity contribution in [3.63, 3.8) is 0 Å². The van der Waals surface area contributed by atoms with E-state index < -0.39 is 4.92 Å². The van der Waals surface area contributed by atoms with Crippen LogP contribution in [-0.4, -0.2) is 40.3 Å². The Morgan fingerprint density at radius 2 is 2.21 bits per heavy atom. The van der Waals surface area contributed by atoms with E-state index in [4.69, 9.17) is 5.73 Å². The fraction of sp³-hybridized carbons (Fsp3) is 0.250. The van der Waals surface area contributed by atoms with E-state index in [1.54, 1.807) is 17.3 Å². The first kappa shape index (κ1) is 15.9. The minimum Gasteiger partial charge on any atom is -0.393 e. The Morgan fingerprint density at radius 3 is 2.92 bits per heavy atom. The van der Waals surface area contributed by atoms with Crippen molar-refractivity contribution in [3.05, 3.63) is 64.0 Å². The molecule has 24 heavy (non-hydrogen) atoms. The van der Waals surface area contributed by atoms with Gasteiger partial charge in [-0.05, 0) is 17.7 Å². The lowest BCUT2D eigenvalue weighted by atomic mass is 10.0. The molecule has 1 atom stereocenters. The second kappa shape index (κ2) is 6.63. The summed E-state index contributed by atoms with van der Waals surface area (Å²) in [6.45, 7) is 1.73. The third-order valence-electron chi connectivity index (χ3n) is 4.08. The van der Waals surface area contributed by atoms with Crippen LogP contribution >= 0.6 is 0 Å². The smallest absolute Gasteiger partial charge is 0.292 e. The fourth-order valence-corrected chi connectivity index (χ4v) is 2.87. The van der Waals surface area contributed by atoms with Gasteiger partial charge in [-0.2, -0.15) is 0 Å². The number of nitrogens with one attached hydrogen (secondary N) is 1. The van der Waals surface area contributed by atoms with Gasteiger partial charge in [0.1, 0.15) is 5.69 Å². The summed E-state index contributed by atoms with van der Waals surface area (Å²) in [6, 6.07) is 7.81. The summed E-state index contributed by atoms with van der Waals surface area (Å²) < 4.78 is 0. The Balaban J connectivity index is 1.96. The molecule has 8 heteroatoms. The molecule has 8 nitrogen and oxygen atoms in total. The molecule has 2 heterocycles. The van der Waals surface area contributed by atoms with E-state index in [2.05, 4.69) is 10.3 Å². The zero-order valence-electron chi connectivity index (χ0n) is 12.9. The number of amides is 1. The molecule has 1 aromatic heterocycles. The molecule has 3 rings (SSSR count). The number of nitro benzene ring substituents is 1. The van der Waals surface area contributed by atoms with E-state index in [1.807, 2.05) is 12.1 Å². The number of benzene rings is 1. The topological polar surface area (TPSA) is 114 Å². The Labute approximate surface area is 138 Å². The van der Waals surface area contributed by atoms with Crippen LogP contribution in [0.1, 0.15) is 22.0 Å². The molecule has 2 aromatic rings. The first-order valence-corrected chi connectivity index (χ1v) is 7.54. The largest absolute Gasteiger partial charge is 0.393 e. The summed E-state index contributed by atoms with van der Waals surface area (Å²) in [5.41, 5.74) is 6.56. The summed E-state index contributed by atoms with van der Waals surface area (Å²) in [7, 11) is 0. The molecular formula is C16H17N5O3. The van der Waals surface area contributed by atoms with E-state index in [1.165, 1.54) is 18.2 Å². The van der Waals surface area contributed by atoms with Crippen molar-refractivity contribution >= 4 is 17.3 Å². The van der Waals surface area contributed by atoms with Crippen LogP contribution in [0.4, 0.5) is 11.4 Å². The van der Waals surface area contributed by atoms with Crippen molar-refractivity contribution in [2.45, 2.75) is 6.04 Å². The first-order chi connectivity index (χ1) is 11.6. The predicted molar refractivity (Wildman–Crippen MR) is 88.4 cm³/mol. The SMILES string of the molecule is Nc1c(C(=O)N2CCNCC2c2cccnc2)cccc1[N+](=O)[O-]. The molecule has 1 aromatic carbocycles. The van der Waals surface area contributed by atoms with Crippen molar-refractivity contribution in [1.82, 2.24) is 15.2 Å². The Morgan fingerprint density at radius 1 is 1.38 bits per heavy atom. The Hall–Kier alpha value is -3.00. The molecule has 1 aliphatic heterocycles. The molecule has 0 aliphatic carbocycles. The van der Waals surface area contributed by atoms with Crippen LogP contribution in [-0.2, 0) is 0 Å². The van der Waals surface area contributed by atoms with Crippen molar-refractivity contribution < 1.29 is 9.72 Å². The third-order valence-corrected chi connectivity index (χ3v) is 4.08. The lowest BCUT2D eigenvalue weighted by Gasteiger charge is -2.36. The maximum atomic E-state index is 13.0. The van der Waals surface area contributed by atoms with Crippen LogP contribution in [0, 0.1) is 10.1 Å². The molecule has 1 unspecified atom stereocenters. The van der Waals surface area contributed by atoms with Gasteiger partial charge in [-0.25, -0.2) is 0 Å². The fourth-order valence-electron chi connectivity index (χ4n) is 2.87. The van der Waals surface area contributed by atoms with E-state index in [0.29, 0.717) is 19.6 Å². The number of nitrogens with two attached hydrogens (primary N) is 1. The van der Waals surface area contributed by atoms with E-state index >= 15 is 0 Å². The summed E-state index contributed by atoms with van der Waals surface area (Å²) in [5.74, 6) is -0.313. The van der Waals surface area contributed by atoms with Gasteiger partial charge in [0.25, 0.3) is 11.6 Å². The van der Waals surface area contributed by atoms with Gasteiger partial charge in [0.15, 0.2) is 0 Å². The van der Waals surface area contributed by atoms with Gasteiger partial charge in [-0.3, -0.25) is 19.9 Å². The monoisotopic (exact) mass is 327 g/mol. The lowest BCUT2D eigenvalue weighted by molar-refractivity contribution is -0.383. The second-order valence-electron chi connectivity index (χ2n) is 5.50. The van der Waals surface area contributed by atoms with Gasteiger partial charge >= 0.3 is 0 Å². The summed E-state index contributed by atoms with van der Waals surface area (Å²) in [5, 5.41) is 14.3. The van der Waals surface area contributed by atoms with Crippen LogP contribution in [0.5, 0.6) is 0 Å². The molecule has 1 saturated heterocycles. The number of anilines is 1. The predicted octanol–water partition coefficient (Wildman–Crippen LogP) is 1.36. The lowest BCUT2D eigenvalue weighted by Crippen LogP contribution is -2.48. The molecule has 0 saturated carbocycles. The van der Waals surface area contributed by atoms with Crippen molar-refractivity contribution in [1.29, 1.82) is 0 Å². The van der Waals surface area contributed by atoms with E-state index in [-0.39, 0.29) is 28.9 Å². The number of carbonyl (C=O) groups excluding carboxylic acids is 1. The van der Waals surface area contributed by atoms with Crippen LogP contribution < -0.4 is 11.1 Å². The number of pyridine rings is 1. The molecule has 0 bridgehead atoms. The minimum atomic E-state index is -0.581. The number of hydrogen-bond acceptors (Lipinski definition) is 6. The van der Waals surface area contributed by atoms with Gasteiger partial charge in [0.05, 0.1) is 16.5 Å². The second-order valence-corrected chi connectivity index (χ2v) is 5.50. The number of hydrogen-bond donors (Lipinski definition) is 2. The standard InChI is InChI=1S/C16H17N5O3/c17-15-12(4-1-5-13(15)21(23)24)16(22)20-8-7-19-10-14(20)11-3-2-6-18-9-11/h1-6,9,14,19H,7-8,10,17H2. The molecule has 0 spiro atoms. The number of aromatic nitrogens is 1. The number of rotatable bonds is 3. The number of nitrogen functional groups attached to an aromatic ring is 1. The number of piperazine rings is 1. The molecule has 3 N–H and O–H groups in total. The average Bonchev–Trinajstić information content (AvgIpc) is 2.62. The quantitative estimate of drug-likeness (QED) is 0.500. The highest BCUT2D eigenvalue weighted by Crippen LogP contribution is 2.29. The highest BCUT2D eigenvalue weighted by Gasteiger charge is 2.31. The number of para-hydroxylation sites is 1. The van der Waals surface area contributed by atoms with Crippen LogP contribution in [0.3, 0.4) is 0 Å². The Bertz CT molecular complexity index is 766. The van der Waals surface area contributed by atoms with Crippen LogP contribution in [0.15, 0.2) is 42.7 Å². The van der Waals surface area contributed by atoms with Gasteiger partial charge in [0, 0.05) is 38.1 Å². The number of nitrogens with zero attached hydrogens (tertiary/aromatic N) is 3. The zero-order valence-corrected chi connectivity index (χ0v) is 12.9. The average molecular weight is 327 g/mol.